The number of sulfone groups is 1. The summed E-state index contributed by atoms with van der Waals surface area (Å²) in [6.07, 6.45) is 1.15. The van der Waals surface area contributed by atoms with Crippen molar-refractivity contribution in [1.29, 1.82) is 0 Å². The predicted octanol–water partition coefficient (Wildman–Crippen LogP) is 4.31. The van der Waals surface area contributed by atoms with Crippen LogP contribution in [0.2, 0.25) is 0 Å². The number of nitrogens with one attached hydrogen (secondary N) is 2. The summed E-state index contributed by atoms with van der Waals surface area (Å²) in [7, 11) is -3.32. The van der Waals surface area contributed by atoms with Gasteiger partial charge >= 0.3 is 0 Å². The number of carbonyl (C=O) groups is 1. The summed E-state index contributed by atoms with van der Waals surface area (Å²) in [5.74, 6) is 0.0875. The van der Waals surface area contributed by atoms with Crippen LogP contribution in [0.1, 0.15) is 51.8 Å². The first kappa shape index (κ1) is 23.1. The van der Waals surface area contributed by atoms with Gasteiger partial charge in [0.05, 0.1) is 11.4 Å². The molecular formula is C23H32N2O3S. The fourth-order valence-corrected chi connectivity index (χ4v) is 3.81. The zero-order valence-electron chi connectivity index (χ0n) is 18.1. The topological polar surface area (TPSA) is 75.3 Å². The Kier molecular flexibility index (Phi) is 7.25. The average molecular weight is 417 g/mol. The summed E-state index contributed by atoms with van der Waals surface area (Å²) in [6.45, 7) is 10.9. The Morgan fingerprint density at radius 2 is 1.66 bits per heavy atom. The number of hydrogen-bond acceptors (Lipinski definition) is 4. The molecule has 1 atom stereocenters. The molecule has 2 aromatic rings. The zero-order chi connectivity index (χ0) is 21.8. The van der Waals surface area contributed by atoms with Crippen molar-refractivity contribution in [3.8, 4) is 0 Å². The molecule has 0 aliphatic carbocycles. The normalized spacial score (nSPS) is 13.3. The average Bonchev–Trinajstić information content (AvgIpc) is 2.61. The second-order valence-electron chi connectivity index (χ2n) is 8.82. The molecule has 158 valence electrons. The highest BCUT2D eigenvalue weighted by Crippen LogP contribution is 2.26. The van der Waals surface area contributed by atoms with E-state index in [0.717, 1.165) is 11.8 Å². The molecule has 0 bridgehead atoms. The van der Waals surface area contributed by atoms with Crippen molar-refractivity contribution in [3.05, 3.63) is 59.7 Å². The van der Waals surface area contributed by atoms with E-state index in [1.54, 1.807) is 12.1 Å². The summed E-state index contributed by atoms with van der Waals surface area (Å²) in [6, 6.07) is 14.8. The minimum absolute atomic E-state index is 0.0390. The van der Waals surface area contributed by atoms with Crippen LogP contribution in [0.25, 0.3) is 0 Å². The van der Waals surface area contributed by atoms with Crippen molar-refractivity contribution in [2.24, 2.45) is 5.92 Å². The smallest absolute Gasteiger partial charge is 0.238 e. The van der Waals surface area contributed by atoms with Crippen LogP contribution in [0.3, 0.4) is 0 Å². The minimum atomic E-state index is -3.32. The fourth-order valence-electron chi connectivity index (χ4n) is 3.14. The van der Waals surface area contributed by atoms with Gasteiger partial charge in [-0.05, 0) is 40.7 Å². The quantitative estimate of drug-likeness (QED) is 0.705. The molecular weight excluding hydrogens is 384 g/mol. The maximum absolute atomic E-state index is 12.4. The van der Waals surface area contributed by atoms with Gasteiger partial charge in [0.1, 0.15) is 0 Å². The predicted molar refractivity (Wildman–Crippen MR) is 119 cm³/mol. The van der Waals surface area contributed by atoms with Crippen LogP contribution in [0, 0.1) is 5.92 Å². The summed E-state index contributed by atoms with van der Waals surface area (Å²) >= 11 is 0. The molecule has 0 aliphatic heterocycles. The van der Waals surface area contributed by atoms with E-state index in [2.05, 4.69) is 69.5 Å². The highest BCUT2D eigenvalue weighted by Gasteiger charge is 2.19. The molecule has 0 radical (unpaired) electrons. The van der Waals surface area contributed by atoms with Crippen molar-refractivity contribution in [2.45, 2.75) is 51.0 Å². The van der Waals surface area contributed by atoms with Gasteiger partial charge in [-0.1, -0.05) is 65.0 Å². The van der Waals surface area contributed by atoms with Crippen molar-refractivity contribution in [3.63, 3.8) is 0 Å². The maximum atomic E-state index is 12.4. The van der Waals surface area contributed by atoms with E-state index >= 15 is 0 Å². The van der Waals surface area contributed by atoms with Gasteiger partial charge in [0.25, 0.3) is 0 Å². The van der Waals surface area contributed by atoms with Crippen LogP contribution < -0.4 is 10.6 Å². The SMILES string of the molecule is CC(C)[C@H](NCC(=O)Nc1cccc(S(C)(=O)=O)c1)c1ccc(C(C)(C)C)cc1. The second kappa shape index (κ2) is 9.09. The molecule has 0 saturated carbocycles. The third-order valence-electron chi connectivity index (χ3n) is 4.83. The molecule has 1 amide bonds. The summed E-state index contributed by atoms with van der Waals surface area (Å²) in [4.78, 5) is 12.6. The Bertz CT molecular complexity index is 943. The van der Waals surface area contributed by atoms with Crippen molar-refractivity contribution in [2.75, 3.05) is 18.1 Å². The summed E-state index contributed by atoms with van der Waals surface area (Å²) in [5.41, 5.74) is 2.97. The Hall–Kier alpha value is -2.18. The van der Waals surface area contributed by atoms with Crippen molar-refractivity contribution < 1.29 is 13.2 Å². The lowest BCUT2D eigenvalue weighted by atomic mass is 9.85. The standard InChI is InChI=1S/C23H32N2O3S/c1-16(2)22(17-10-12-18(13-11-17)23(3,4)5)24-15-21(26)25-19-8-7-9-20(14-19)29(6,27)28/h7-14,16,22,24H,15H2,1-6H3,(H,25,26)/t22-/m0/s1. The van der Waals surface area contributed by atoms with Crippen LogP contribution in [0.15, 0.2) is 53.4 Å². The number of carbonyl (C=O) groups excluding carboxylic acids is 1. The van der Waals surface area contributed by atoms with Gasteiger partial charge in [-0.15, -0.1) is 0 Å². The van der Waals surface area contributed by atoms with Crippen molar-refractivity contribution >= 4 is 21.4 Å². The molecule has 0 aliphatic rings. The highest BCUT2D eigenvalue weighted by atomic mass is 32.2. The van der Waals surface area contributed by atoms with Gasteiger partial charge in [-0.25, -0.2) is 8.42 Å². The Morgan fingerprint density at radius 1 is 1.03 bits per heavy atom. The number of hydrogen-bond donors (Lipinski definition) is 2. The molecule has 29 heavy (non-hydrogen) atoms. The van der Waals surface area contributed by atoms with Crippen LogP contribution >= 0.6 is 0 Å². The van der Waals surface area contributed by atoms with Crippen LogP contribution in [0.4, 0.5) is 5.69 Å². The van der Waals surface area contributed by atoms with Crippen LogP contribution in [0.5, 0.6) is 0 Å². The Morgan fingerprint density at radius 3 is 2.17 bits per heavy atom. The molecule has 2 aromatic carbocycles. The van der Waals surface area contributed by atoms with Gasteiger partial charge in [0.2, 0.25) is 5.91 Å². The maximum Gasteiger partial charge on any atom is 0.238 e. The molecule has 6 heteroatoms. The number of rotatable bonds is 7. The number of amides is 1. The fraction of sp³-hybridized carbons (Fsp3) is 0.435. The van der Waals surface area contributed by atoms with Gasteiger partial charge < -0.3 is 10.6 Å². The summed E-state index contributed by atoms with van der Waals surface area (Å²) in [5, 5.41) is 6.09. The first-order valence-corrected chi connectivity index (χ1v) is 11.7. The van der Waals surface area contributed by atoms with Gasteiger partial charge in [-0.3, -0.25) is 4.79 Å². The minimum Gasteiger partial charge on any atom is -0.325 e. The molecule has 0 aromatic heterocycles. The van der Waals surface area contributed by atoms with Crippen molar-refractivity contribution in [1.82, 2.24) is 5.32 Å². The summed E-state index contributed by atoms with van der Waals surface area (Å²) < 4.78 is 23.4. The van der Waals surface area contributed by atoms with E-state index in [1.165, 1.54) is 17.7 Å². The molecule has 0 heterocycles. The molecule has 2 N–H and O–H groups in total. The Balaban J connectivity index is 2.05. The molecule has 2 rings (SSSR count). The monoisotopic (exact) mass is 416 g/mol. The third-order valence-corrected chi connectivity index (χ3v) is 5.94. The van der Waals surface area contributed by atoms with E-state index in [1.807, 2.05) is 0 Å². The molecule has 5 nitrogen and oxygen atoms in total. The second-order valence-corrected chi connectivity index (χ2v) is 10.8. The molecule has 0 spiro atoms. The molecule has 0 saturated heterocycles. The van der Waals surface area contributed by atoms with Gasteiger partial charge in [-0.2, -0.15) is 0 Å². The highest BCUT2D eigenvalue weighted by molar-refractivity contribution is 7.90. The largest absolute Gasteiger partial charge is 0.325 e. The van der Waals surface area contributed by atoms with Gasteiger partial charge in [0.15, 0.2) is 9.84 Å². The molecule has 0 unspecified atom stereocenters. The number of anilines is 1. The zero-order valence-corrected chi connectivity index (χ0v) is 18.9. The van der Waals surface area contributed by atoms with Gasteiger partial charge in [0, 0.05) is 18.0 Å². The van der Waals surface area contributed by atoms with E-state index in [9.17, 15) is 13.2 Å². The van der Waals surface area contributed by atoms with Crippen LogP contribution in [-0.2, 0) is 20.0 Å². The van der Waals surface area contributed by atoms with E-state index in [-0.39, 0.29) is 28.8 Å². The lowest BCUT2D eigenvalue weighted by Gasteiger charge is -2.25. The lowest BCUT2D eigenvalue weighted by Crippen LogP contribution is -2.33. The Labute approximate surface area is 174 Å². The van der Waals surface area contributed by atoms with E-state index in [0.29, 0.717) is 11.6 Å². The first-order chi connectivity index (χ1) is 13.4. The first-order valence-electron chi connectivity index (χ1n) is 9.82. The molecule has 0 fully saturated rings. The third kappa shape index (κ3) is 6.68. The van der Waals surface area contributed by atoms with E-state index < -0.39 is 9.84 Å². The number of benzene rings is 2. The lowest BCUT2D eigenvalue weighted by molar-refractivity contribution is -0.115. The van der Waals surface area contributed by atoms with Crippen LogP contribution in [-0.4, -0.2) is 27.1 Å². The van der Waals surface area contributed by atoms with E-state index in [4.69, 9.17) is 0 Å².